The second-order valence-corrected chi connectivity index (χ2v) is 10.8. The smallest absolute Gasteiger partial charge is 0.318 e. The topological polar surface area (TPSA) is 80.8 Å². The number of sulfonamides is 1. The molecule has 1 aliphatic carbocycles. The zero-order valence-corrected chi connectivity index (χ0v) is 18.5. The molecular formula is C22H29NO5S. The van der Waals surface area contributed by atoms with Crippen LogP contribution >= 0.6 is 0 Å². The van der Waals surface area contributed by atoms with Crippen LogP contribution in [0, 0.1) is 12.3 Å². The normalized spacial score (nSPS) is 25.1. The number of aryl methyl sites for hydroxylation is 1. The number of hydrogen-bond donors (Lipinski definition) is 0. The number of ketones is 1. The van der Waals surface area contributed by atoms with Crippen LogP contribution < -0.4 is 0 Å². The fourth-order valence-corrected chi connectivity index (χ4v) is 5.96. The minimum Gasteiger partial charge on any atom is -0.459 e. The third-order valence-electron chi connectivity index (χ3n) is 5.56. The van der Waals surface area contributed by atoms with Crippen molar-refractivity contribution < 1.29 is 22.7 Å². The number of fused-ring (bicyclic) bond motifs is 1. The maximum atomic E-state index is 13.5. The SMILES string of the molecule is CCC[C@@H]1N(S(=O)(=O)c2ccc(C)cc2)CC2=CC(=O)C[C@]21C(=O)OC(C)(C)C. The number of ether oxygens (including phenoxy) is 1. The predicted molar refractivity (Wildman–Crippen MR) is 110 cm³/mol. The van der Waals surface area contributed by atoms with Gasteiger partial charge < -0.3 is 4.74 Å². The fraction of sp³-hybridized carbons (Fsp3) is 0.545. The molecule has 3 rings (SSSR count). The van der Waals surface area contributed by atoms with E-state index < -0.39 is 33.1 Å². The Balaban J connectivity index is 2.09. The van der Waals surface area contributed by atoms with E-state index in [2.05, 4.69) is 0 Å². The lowest BCUT2D eigenvalue weighted by molar-refractivity contribution is -0.167. The summed E-state index contributed by atoms with van der Waals surface area (Å²) in [5.41, 5.74) is -0.461. The van der Waals surface area contributed by atoms with E-state index in [1.54, 1.807) is 45.0 Å². The molecule has 1 aromatic carbocycles. The van der Waals surface area contributed by atoms with Crippen molar-refractivity contribution in [3.63, 3.8) is 0 Å². The molecule has 0 unspecified atom stereocenters. The highest BCUT2D eigenvalue weighted by Crippen LogP contribution is 2.52. The average molecular weight is 420 g/mol. The minimum absolute atomic E-state index is 0.0336. The van der Waals surface area contributed by atoms with Crippen molar-refractivity contribution in [2.75, 3.05) is 6.54 Å². The van der Waals surface area contributed by atoms with Crippen LogP contribution in [0.5, 0.6) is 0 Å². The largest absolute Gasteiger partial charge is 0.459 e. The molecule has 1 aromatic rings. The van der Waals surface area contributed by atoms with Gasteiger partial charge in [-0.1, -0.05) is 31.0 Å². The quantitative estimate of drug-likeness (QED) is 0.684. The van der Waals surface area contributed by atoms with Crippen LogP contribution in [0.1, 0.15) is 52.5 Å². The second-order valence-electron chi connectivity index (χ2n) is 8.95. The average Bonchev–Trinajstić information content (AvgIpc) is 3.08. The molecule has 0 spiro atoms. The van der Waals surface area contributed by atoms with Gasteiger partial charge in [-0.05, 0) is 57.9 Å². The number of benzene rings is 1. The first-order valence-corrected chi connectivity index (χ1v) is 11.4. The molecule has 2 aliphatic rings. The van der Waals surface area contributed by atoms with E-state index in [1.165, 1.54) is 10.4 Å². The van der Waals surface area contributed by atoms with Crippen molar-refractivity contribution in [3.05, 3.63) is 41.5 Å². The van der Waals surface area contributed by atoms with E-state index in [-0.39, 0.29) is 23.6 Å². The minimum atomic E-state index is -3.83. The molecule has 1 heterocycles. The van der Waals surface area contributed by atoms with Gasteiger partial charge in [-0.15, -0.1) is 0 Å². The first kappa shape index (κ1) is 21.7. The number of nitrogens with zero attached hydrogens (tertiary/aromatic N) is 1. The highest BCUT2D eigenvalue weighted by molar-refractivity contribution is 7.89. The number of allylic oxidation sites excluding steroid dienone is 1. The van der Waals surface area contributed by atoms with E-state index in [0.717, 1.165) is 5.56 Å². The summed E-state index contributed by atoms with van der Waals surface area (Å²) in [6.07, 6.45) is 2.55. The molecule has 158 valence electrons. The molecule has 1 aliphatic heterocycles. The maximum Gasteiger partial charge on any atom is 0.318 e. The summed E-state index contributed by atoms with van der Waals surface area (Å²) in [6, 6.07) is 6.03. The highest BCUT2D eigenvalue weighted by atomic mass is 32.2. The Morgan fingerprint density at radius 1 is 1.24 bits per heavy atom. The summed E-state index contributed by atoms with van der Waals surface area (Å²) < 4.78 is 34.0. The number of carbonyl (C=O) groups is 2. The van der Waals surface area contributed by atoms with Crippen LogP contribution in [0.4, 0.5) is 0 Å². The Kier molecular flexibility index (Phi) is 5.51. The monoisotopic (exact) mass is 419 g/mol. The molecule has 0 aromatic heterocycles. The summed E-state index contributed by atoms with van der Waals surface area (Å²) in [5, 5.41) is 0. The third kappa shape index (κ3) is 3.78. The number of esters is 1. The summed E-state index contributed by atoms with van der Waals surface area (Å²) in [6.45, 7) is 9.18. The van der Waals surface area contributed by atoms with Crippen LogP contribution in [-0.2, 0) is 24.3 Å². The molecule has 1 saturated heterocycles. The van der Waals surface area contributed by atoms with Crippen molar-refractivity contribution in [1.29, 1.82) is 0 Å². The van der Waals surface area contributed by atoms with Crippen molar-refractivity contribution in [2.24, 2.45) is 5.41 Å². The van der Waals surface area contributed by atoms with Gasteiger partial charge in [-0.3, -0.25) is 9.59 Å². The van der Waals surface area contributed by atoms with Crippen LogP contribution in [0.3, 0.4) is 0 Å². The summed E-state index contributed by atoms with van der Waals surface area (Å²) in [4.78, 5) is 25.8. The summed E-state index contributed by atoms with van der Waals surface area (Å²) in [7, 11) is -3.83. The van der Waals surface area contributed by atoms with E-state index >= 15 is 0 Å². The van der Waals surface area contributed by atoms with Crippen molar-refractivity contribution in [3.8, 4) is 0 Å². The Labute approximate surface area is 173 Å². The van der Waals surface area contributed by atoms with Gasteiger partial charge in [0.2, 0.25) is 10.0 Å². The Bertz CT molecular complexity index is 956. The van der Waals surface area contributed by atoms with E-state index in [1.807, 2.05) is 13.8 Å². The zero-order chi connectivity index (χ0) is 21.6. The van der Waals surface area contributed by atoms with Crippen LogP contribution in [0.25, 0.3) is 0 Å². The predicted octanol–water partition coefficient (Wildman–Crippen LogP) is 3.40. The number of hydrogen-bond acceptors (Lipinski definition) is 5. The first-order chi connectivity index (χ1) is 13.4. The number of carbonyl (C=O) groups excluding carboxylic acids is 2. The van der Waals surface area contributed by atoms with Gasteiger partial charge in [0.1, 0.15) is 11.0 Å². The van der Waals surface area contributed by atoms with Crippen molar-refractivity contribution in [2.45, 2.75) is 70.4 Å². The number of rotatable bonds is 5. The highest BCUT2D eigenvalue weighted by Gasteiger charge is 2.62. The Morgan fingerprint density at radius 3 is 2.41 bits per heavy atom. The van der Waals surface area contributed by atoms with Crippen molar-refractivity contribution >= 4 is 21.8 Å². The van der Waals surface area contributed by atoms with Gasteiger partial charge >= 0.3 is 5.97 Å². The Hall–Kier alpha value is -1.99. The van der Waals surface area contributed by atoms with Gasteiger partial charge in [0.25, 0.3) is 0 Å². The fourth-order valence-electron chi connectivity index (χ4n) is 4.28. The Morgan fingerprint density at radius 2 is 1.86 bits per heavy atom. The molecule has 0 amide bonds. The zero-order valence-electron chi connectivity index (χ0n) is 17.7. The first-order valence-electron chi connectivity index (χ1n) is 9.97. The molecule has 7 heteroatoms. The lowest BCUT2D eigenvalue weighted by Crippen LogP contribution is -2.49. The molecule has 0 N–H and O–H groups in total. The van der Waals surface area contributed by atoms with Crippen LogP contribution in [0.15, 0.2) is 40.8 Å². The third-order valence-corrected chi connectivity index (χ3v) is 7.43. The summed E-state index contributed by atoms with van der Waals surface area (Å²) >= 11 is 0. The van der Waals surface area contributed by atoms with Gasteiger partial charge in [0.15, 0.2) is 5.78 Å². The van der Waals surface area contributed by atoms with E-state index in [0.29, 0.717) is 18.4 Å². The molecule has 29 heavy (non-hydrogen) atoms. The van der Waals surface area contributed by atoms with Crippen LogP contribution in [0.2, 0.25) is 0 Å². The van der Waals surface area contributed by atoms with Crippen molar-refractivity contribution in [1.82, 2.24) is 4.31 Å². The molecule has 0 saturated carbocycles. The van der Waals surface area contributed by atoms with Gasteiger partial charge in [-0.25, -0.2) is 8.42 Å². The molecule has 0 bridgehead atoms. The molecule has 0 radical (unpaired) electrons. The van der Waals surface area contributed by atoms with Gasteiger partial charge in [0, 0.05) is 19.0 Å². The summed E-state index contributed by atoms with van der Waals surface area (Å²) in [5.74, 6) is -0.665. The second kappa shape index (κ2) is 7.36. The maximum absolute atomic E-state index is 13.5. The molecule has 6 nitrogen and oxygen atoms in total. The lowest BCUT2D eigenvalue weighted by Gasteiger charge is -2.36. The van der Waals surface area contributed by atoms with E-state index in [9.17, 15) is 18.0 Å². The molecular weight excluding hydrogens is 390 g/mol. The van der Waals surface area contributed by atoms with Gasteiger partial charge in [-0.2, -0.15) is 4.31 Å². The molecule has 1 fully saturated rings. The van der Waals surface area contributed by atoms with E-state index in [4.69, 9.17) is 4.74 Å². The van der Waals surface area contributed by atoms with Gasteiger partial charge in [0.05, 0.1) is 4.90 Å². The molecule has 2 atom stereocenters. The van der Waals surface area contributed by atoms with Crippen LogP contribution in [-0.4, -0.2) is 42.7 Å². The lowest BCUT2D eigenvalue weighted by atomic mass is 9.75. The standard InChI is InChI=1S/C22H29NO5S/c1-6-7-19-22(20(25)28-21(3,4)5)13-17(24)12-16(22)14-23(19)29(26,27)18-10-8-15(2)9-11-18/h8-12,19H,6-7,13-14H2,1-5H3/t19-,22-/m0/s1.